The smallest absolute Gasteiger partial charge is 0.344 e. The van der Waals surface area contributed by atoms with Crippen LogP contribution in [0.15, 0.2) is 24.3 Å². The molecule has 0 aliphatic carbocycles. The van der Waals surface area contributed by atoms with Crippen LogP contribution in [0.5, 0.6) is 5.75 Å². The minimum absolute atomic E-state index is 0.333. The summed E-state index contributed by atoms with van der Waals surface area (Å²) in [6.07, 6.45) is 0. The Balaban J connectivity index is 1.76. The average molecular weight is 335 g/mol. The number of rotatable bonds is 6. The first-order valence-corrected chi connectivity index (χ1v) is 7.21. The van der Waals surface area contributed by atoms with Gasteiger partial charge in [0.05, 0.1) is 17.1 Å². The monoisotopic (exact) mass is 335 g/mol. The topological polar surface area (TPSA) is 82.5 Å². The van der Waals surface area contributed by atoms with Crippen LogP contribution in [0.1, 0.15) is 11.4 Å². The van der Waals surface area contributed by atoms with Crippen molar-refractivity contribution in [1.82, 2.24) is 9.78 Å². The molecule has 1 aromatic heterocycles. The fourth-order valence-corrected chi connectivity index (χ4v) is 1.99. The number of carbonyl (C=O) groups is 2. The average Bonchev–Trinajstić information content (AvgIpc) is 2.78. The Morgan fingerprint density at radius 1 is 1.21 bits per heavy atom. The van der Waals surface area contributed by atoms with E-state index < -0.39 is 24.3 Å². The minimum Gasteiger partial charge on any atom is -0.482 e. The predicted molar refractivity (Wildman–Crippen MR) is 84.2 cm³/mol. The van der Waals surface area contributed by atoms with Crippen molar-refractivity contribution in [3.8, 4) is 5.75 Å². The van der Waals surface area contributed by atoms with Crippen molar-refractivity contribution < 1.29 is 23.5 Å². The number of amides is 1. The van der Waals surface area contributed by atoms with Crippen LogP contribution in [0.2, 0.25) is 0 Å². The molecule has 24 heavy (non-hydrogen) atoms. The van der Waals surface area contributed by atoms with Gasteiger partial charge >= 0.3 is 5.97 Å². The standard InChI is InChI=1S/C16H18FN3O4/c1-10-16(11(2)20(3)19-10)18-14(21)8-24-15(22)9-23-13-6-4-12(17)5-7-13/h4-7H,8-9H2,1-3H3,(H,18,21). The lowest BCUT2D eigenvalue weighted by molar-refractivity contribution is -0.149. The first-order chi connectivity index (χ1) is 11.4. The second-order valence-electron chi connectivity index (χ2n) is 5.12. The molecule has 0 unspecified atom stereocenters. The molecule has 8 heteroatoms. The molecule has 1 amide bonds. The summed E-state index contributed by atoms with van der Waals surface area (Å²) in [6.45, 7) is 2.78. The number of halogens is 1. The Morgan fingerprint density at radius 2 is 1.88 bits per heavy atom. The predicted octanol–water partition coefficient (Wildman–Crippen LogP) is 1.74. The molecule has 2 rings (SSSR count). The summed E-state index contributed by atoms with van der Waals surface area (Å²) in [7, 11) is 1.77. The van der Waals surface area contributed by atoms with Gasteiger partial charge in [0, 0.05) is 7.05 Å². The largest absolute Gasteiger partial charge is 0.482 e. The SMILES string of the molecule is Cc1nn(C)c(C)c1NC(=O)COC(=O)COc1ccc(F)cc1. The molecule has 0 saturated heterocycles. The van der Waals surface area contributed by atoms with Gasteiger partial charge in [-0.3, -0.25) is 9.48 Å². The van der Waals surface area contributed by atoms with Crippen molar-refractivity contribution in [2.45, 2.75) is 13.8 Å². The van der Waals surface area contributed by atoms with Gasteiger partial charge in [0.2, 0.25) is 0 Å². The van der Waals surface area contributed by atoms with Crippen molar-refractivity contribution in [2.75, 3.05) is 18.5 Å². The summed E-state index contributed by atoms with van der Waals surface area (Å²) >= 11 is 0. The van der Waals surface area contributed by atoms with Crippen LogP contribution in [0.3, 0.4) is 0 Å². The zero-order valence-electron chi connectivity index (χ0n) is 13.6. The van der Waals surface area contributed by atoms with Gasteiger partial charge in [0.25, 0.3) is 5.91 Å². The number of carbonyl (C=O) groups excluding carboxylic acids is 2. The Hall–Kier alpha value is -2.90. The molecule has 0 spiro atoms. The third kappa shape index (κ3) is 4.55. The number of hydrogen-bond acceptors (Lipinski definition) is 5. The molecule has 0 atom stereocenters. The quantitative estimate of drug-likeness (QED) is 0.813. The summed E-state index contributed by atoms with van der Waals surface area (Å²) < 4.78 is 24.3. The molecule has 2 aromatic rings. The normalized spacial score (nSPS) is 10.3. The Labute approximate surface area is 138 Å². The summed E-state index contributed by atoms with van der Waals surface area (Å²) in [5, 5.41) is 6.83. The molecule has 0 fully saturated rings. The van der Waals surface area contributed by atoms with E-state index in [2.05, 4.69) is 10.4 Å². The third-order valence-electron chi connectivity index (χ3n) is 3.31. The number of nitrogens with one attached hydrogen (secondary N) is 1. The number of benzene rings is 1. The second kappa shape index (κ2) is 7.58. The summed E-state index contributed by atoms with van der Waals surface area (Å²) in [5.41, 5.74) is 2.07. The molecule has 0 bridgehead atoms. The number of ether oxygens (including phenoxy) is 2. The Morgan fingerprint density at radius 3 is 2.46 bits per heavy atom. The molecular weight excluding hydrogens is 317 g/mol. The summed E-state index contributed by atoms with van der Waals surface area (Å²) in [5.74, 6) is -1.24. The molecule has 1 aromatic carbocycles. The lowest BCUT2D eigenvalue weighted by atomic mass is 10.3. The van der Waals surface area contributed by atoms with Crippen LogP contribution in [0.4, 0.5) is 10.1 Å². The van der Waals surface area contributed by atoms with E-state index in [1.807, 2.05) is 6.92 Å². The van der Waals surface area contributed by atoms with Crippen LogP contribution in [-0.4, -0.2) is 34.9 Å². The van der Waals surface area contributed by atoms with E-state index in [0.29, 0.717) is 17.1 Å². The number of aryl methyl sites for hydroxylation is 2. The van der Waals surface area contributed by atoms with Crippen LogP contribution in [0.25, 0.3) is 0 Å². The maximum Gasteiger partial charge on any atom is 0.344 e. The molecule has 0 radical (unpaired) electrons. The third-order valence-corrected chi connectivity index (χ3v) is 3.31. The molecule has 128 valence electrons. The highest BCUT2D eigenvalue weighted by Gasteiger charge is 2.14. The van der Waals surface area contributed by atoms with Crippen molar-refractivity contribution in [3.63, 3.8) is 0 Å². The Kier molecular flexibility index (Phi) is 5.51. The van der Waals surface area contributed by atoms with Crippen molar-refractivity contribution >= 4 is 17.6 Å². The highest BCUT2D eigenvalue weighted by atomic mass is 19.1. The van der Waals surface area contributed by atoms with E-state index in [1.165, 1.54) is 24.3 Å². The van der Waals surface area contributed by atoms with E-state index in [4.69, 9.17) is 9.47 Å². The van der Waals surface area contributed by atoms with Crippen molar-refractivity contribution in [2.24, 2.45) is 7.05 Å². The fourth-order valence-electron chi connectivity index (χ4n) is 1.99. The maximum absolute atomic E-state index is 12.7. The van der Waals surface area contributed by atoms with Gasteiger partial charge in [-0.15, -0.1) is 0 Å². The lowest BCUT2D eigenvalue weighted by Crippen LogP contribution is -2.24. The number of esters is 1. The van der Waals surface area contributed by atoms with Crippen LogP contribution in [-0.2, 0) is 21.4 Å². The summed E-state index contributed by atoms with van der Waals surface area (Å²) in [6, 6.07) is 5.21. The number of anilines is 1. The number of hydrogen-bond donors (Lipinski definition) is 1. The van der Waals surface area contributed by atoms with E-state index in [-0.39, 0.29) is 6.61 Å². The zero-order chi connectivity index (χ0) is 17.7. The van der Waals surface area contributed by atoms with E-state index in [1.54, 1.807) is 18.7 Å². The summed E-state index contributed by atoms with van der Waals surface area (Å²) in [4.78, 5) is 23.4. The first-order valence-electron chi connectivity index (χ1n) is 7.21. The number of nitrogens with zero attached hydrogens (tertiary/aromatic N) is 2. The van der Waals surface area contributed by atoms with Gasteiger partial charge in [-0.2, -0.15) is 5.10 Å². The van der Waals surface area contributed by atoms with Crippen molar-refractivity contribution in [3.05, 3.63) is 41.5 Å². The molecule has 0 aliphatic heterocycles. The van der Waals surface area contributed by atoms with E-state index in [0.717, 1.165) is 5.69 Å². The number of aromatic nitrogens is 2. The molecule has 0 saturated carbocycles. The zero-order valence-corrected chi connectivity index (χ0v) is 13.6. The fraction of sp³-hybridized carbons (Fsp3) is 0.312. The van der Waals surface area contributed by atoms with Crippen LogP contribution < -0.4 is 10.1 Å². The molecular formula is C16H18FN3O4. The molecule has 1 N–H and O–H groups in total. The molecule has 0 aliphatic rings. The van der Waals surface area contributed by atoms with E-state index >= 15 is 0 Å². The second-order valence-corrected chi connectivity index (χ2v) is 5.12. The highest BCUT2D eigenvalue weighted by Crippen LogP contribution is 2.18. The van der Waals surface area contributed by atoms with Gasteiger partial charge in [0.1, 0.15) is 11.6 Å². The molecule has 1 heterocycles. The van der Waals surface area contributed by atoms with Crippen LogP contribution >= 0.6 is 0 Å². The first kappa shape index (κ1) is 17.5. The van der Waals surface area contributed by atoms with Gasteiger partial charge in [-0.05, 0) is 38.1 Å². The Bertz CT molecular complexity index is 741. The van der Waals surface area contributed by atoms with Gasteiger partial charge in [0.15, 0.2) is 13.2 Å². The lowest BCUT2D eigenvalue weighted by Gasteiger charge is -2.08. The molecule has 7 nitrogen and oxygen atoms in total. The van der Waals surface area contributed by atoms with Gasteiger partial charge < -0.3 is 14.8 Å². The minimum atomic E-state index is -0.700. The van der Waals surface area contributed by atoms with E-state index in [9.17, 15) is 14.0 Å². The van der Waals surface area contributed by atoms with Gasteiger partial charge in [-0.1, -0.05) is 0 Å². The van der Waals surface area contributed by atoms with Crippen molar-refractivity contribution in [1.29, 1.82) is 0 Å². The van der Waals surface area contributed by atoms with Crippen LogP contribution in [0, 0.1) is 19.7 Å². The maximum atomic E-state index is 12.7. The highest BCUT2D eigenvalue weighted by molar-refractivity contribution is 5.93. The van der Waals surface area contributed by atoms with Gasteiger partial charge in [-0.25, -0.2) is 9.18 Å².